The number of benzene rings is 1. The first-order valence-corrected chi connectivity index (χ1v) is 12.4. The number of thiophene rings is 1. The molecule has 1 saturated carbocycles. The number of hydrogen-bond acceptors (Lipinski definition) is 8. The third-order valence-corrected chi connectivity index (χ3v) is 8.28. The van der Waals surface area contributed by atoms with Gasteiger partial charge in [-0.05, 0) is 50.1 Å². The Kier molecular flexibility index (Phi) is 5.84. The van der Waals surface area contributed by atoms with Crippen molar-refractivity contribution in [1.29, 1.82) is 0 Å². The van der Waals surface area contributed by atoms with E-state index in [1.54, 1.807) is 25.1 Å². The van der Waals surface area contributed by atoms with Crippen LogP contribution in [0.1, 0.15) is 25.2 Å². The molecule has 0 bridgehead atoms. The summed E-state index contributed by atoms with van der Waals surface area (Å²) in [5.74, 6) is 0.945. The van der Waals surface area contributed by atoms with E-state index >= 15 is 0 Å². The molecule has 2 aliphatic rings. The highest BCUT2D eigenvalue weighted by atomic mass is 32.2. The number of ketones is 1. The third-order valence-electron chi connectivity index (χ3n) is 6.18. The van der Waals surface area contributed by atoms with Gasteiger partial charge in [0.1, 0.15) is 10.9 Å². The van der Waals surface area contributed by atoms with E-state index in [9.17, 15) is 14.0 Å². The van der Waals surface area contributed by atoms with Crippen molar-refractivity contribution in [3.05, 3.63) is 45.7 Å². The molecule has 1 aliphatic heterocycles. The average Bonchev–Trinajstić information content (AvgIpc) is 3.16. The number of nitrogens with zero attached hydrogens (tertiary/aromatic N) is 3. The Morgan fingerprint density at radius 3 is 2.67 bits per heavy atom. The maximum absolute atomic E-state index is 14.9. The molecule has 7 nitrogen and oxygen atoms in total. The van der Waals surface area contributed by atoms with Crippen LogP contribution in [0.25, 0.3) is 10.9 Å². The van der Waals surface area contributed by atoms with Crippen molar-refractivity contribution in [3.8, 4) is 5.75 Å². The summed E-state index contributed by atoms with van der Waals surface area (Å²) in [6.45, 7) is 3.76. The topological polar surface area (TPSA) is 84.4 Å². The normalized spacial score (nSPS) is 21.8. The van der Waals surface area contributed by atoms with Crippen LogP contribution in [-0.2, 0) is 0 Å². The zero-order valence-electron chi connectivity index (χ0n) is 18.4. The van der Waals surface area contributed by atoms with E-state index in [0.29, 0.717) is 38.0 Å². The van der Waals surface area contributed by atoms with Crippen molar-refractivity contribution in [3.63, 3.8) is 0 Å². The number of fused-ring (bicyclic) bond motifs is 2. The first-order valence-electron chi connectivity index (χ1n) is 10.6. The molecule has 1 aromatic carbocycles. The quantitative estimate of drug-likeness (QED) is 0.311. The summed E-state index contributed by atoms with van der Waals surface area (Å²) >= 11 is 2.34. The van der Waals surface area contributed by atoms with E-state index in [0.717, 1.165) is 24.9 Å². The molecule has 3 atom stereocenters. The number of thioether (sulfide) groups is 1. The molecular formula is C23H23FN4O3S2. The van der Waals surface area contributed by atoms with E-state index in [4.69, 9.17) is 4.74 Å². The van der Waals surface area contributed by atoms with Gasteiger partial charge in [0.15, 0.2) is 17.3 Å². The molecule has 2 aromatic heterocycles. The molecule has 0 spiro atoms. The third kappa shape index (κ3) is 4.22. The largest absolute Gasteiger partial charge is 0.494 e. The molecule has 172 valence electrons. The first-order chi connectivity index (χ1) is 15.9. The van der Waals surface area contributed by atoms with Gasteiger partial charge in [-0.25, -0.2) is 14.4 Å². The summed E-state index contributed by atoms with van der Waals surface area (Å²) in [5.41, 5.74) is 0.460. The lowest BCUT2D eigenvalue weighted by Crippen LogP contribution is -2.32. The lowest BCUT2D eigenvalue weighted by Gasteiger charge is -2.13. The second-order valence-corrected chi connectivity index (χ2v) is 10.5. The first kappa shape index (κ1) is 22.2. The van der Waals surface area contributed by atoms with Gasteiger partial charge in [-0.2, -0.15) is 0 Å². The van der Waals surface area contributed by atoms with Crippen LogP contribution in [0.15, 0.2) is 29.3 Å². The Morgan fingerprint density at radius 2 is 1.94 bits per heavy atom. The Hall–Kier alpha value is -2.56. The van der Waals surface area contributed by atoms with Crippen LogP contribution in [-0.4, -0.2) is 65.6 Å². The van der Waals surface area contributed by atoms with Gasteiger partial charge >= 0.3 is 0 Å². The standard InChI is InChI=1S/C23H23FN4O3S2/c1-11-25-14-4-5-16(31-3)20(24)19(14)23(26-11)32-10-15(29)17-6-7-18(33-17)22(30)27-21-12-8-28(2)9-13(12)21/h4-7,12-13,21H,8-10H2,1-3H3,(H,27,30)/t12-,13+,21?. The highest BCUT2D eigenvalue weighted by molar-refractivity contribution is 8.00. The van der Waals surface area contributed by atoms with Crippen molar-refractivity contribution in [1.82, 2.24) is 20.2 Å². The summed E-state index contributed by atoms with van der Waals surface area (Å²) in [6.07, 6.45) is 0. The molecular weight excluding hydrogens is 463 g/mol. The lowest BCUT2D eigenvalue weighted by molar-refractivity contribution is 0.0947. The van der Waals surface area contributed by atoms with Gasteiger partial charge in [-0.1, -0.05) is 11.8 Å². The number of piperidine rings is 1. The number of carbonyl (C=O) groups is 2. The van der Waals surface area contributed by atoms with Gasteiger partial charge in [0.2, 0.25) is 0 Å². The van der Waals surface area contributed by atoms with Crippen molar-refractivity contribution < 1.29 is 18.7 Å². The monoisotopic (exact) mass is 486 g/mol. The van der Waals surface area contributed by atoms with E-state index in [-0.39, 0.29) is 34.6 Å². The van der Waals surface area contributed by atoms with Gasteiger partial charge in [0.05, 0.1) is 33.5 Å². The Labute approximate surface area is 198 Å². The number of carbonyl (C=O) groups excluding carboxylic acids is 2. The fourth-order valence-corrected chi connectivity index (χ4v) is 6.39. The van der Waals surface area contributed by atoms with Crippen molar-refractivity contribution in [2.24, 2.45) is 11.8 Å². The molecule has 0 radical (unpaired) electrons. The molecule has 1 amide bonds. The molecule has 1 saturated heterocycles. The minimum absolute atomic E-state index is 0.0723. The smallest absolute Gasteiger partial charge is 0.261 e. The molecule has 1 N–H and O–H groups in total. The summed E-state index contributed by atoms with van der Waals surface area (Å²) < 4.78 is 19.9. The van der Waals surface area contributed by atoms with E-state index in [2.05, 4.69) is 27.2 Å². The summed E-state index contributed by atoms with van der Waals surface area (Å²) in [5, 5.41) is 3.74. The van der Waals surface area contributed by atoms with Crippen molar-refractivity contribution >= 4 is 45.7 Å². The van der Waals surface area contributed by atoms with Crippen molar-refractivity contribution in [2.75, 3.05) is 33.0 Å². The minimum Gasteiger partial charge on any atom is -0.494 e. The maximum Gasteiger partial charge on any atom is 0.261 e. The van der Waals surface area contributed by atoms with Gasteiger partial charge in [0.25, 0.3) is 5.91 Å². The fraction of sp³-hybridized carbons (Fsp3) is 0.391. The van der Waals surface area contributed by atoms with E-state index in [1.807, 2.05) is 0 Å². The highest BCUT2D eigenvalue weighted by Gasteiger charge is 2.55. The number of aryl methyl sites for hydroxylation is 1. The van der Waals surface area contributed by atoms with Gasteiger partial charge in [0, 0.05) is 19.1 Å². The number of hydrogen-bond donors (Lipinski definition) is 1. The van der Waals surface area contributed by atoms with Gasteiger partial charge in [-0.15, -0.1) is 11.3 Å². The zero-order valence-corrected chi connectivity index (χ0v) is 20.1. The number of likely N-dealkylation sites (tertiary alicyclic amines) is 1. The number of halogens is 1. The average molecular weight is 487 g/mol. The van der Waals surface area contributed by atoms with Crippen LogP contribution in [0.2, 0.25) is 0 Å². The molecule has 3 aromatic rings. The van der Waals surface area contributed by atoms with Crippen LogP contribution in [0.4, 0.5) is 4.39 Å². The Morgan fingerprint density at radius 1 is 1.21 bits per heavy atom. The number of Topliss-reactive ketones (excluding diaryl/α,β-unsaturated/α-hetero) is 1. The van der Waals surface area contributed by atoms with Gasteiger partial charge < -0.3 is 15.0 Å². The molecule has 1 aliphatic carbocycles. The number of aromatic nitrogens is 2. The number of nitrogens with one attached hydrogen (secondary N) is 1. The maximum atomic E-state index is 14.9. The molecule has 33 heavy (non-hydrogen) atoms. The summed E-state index contributed by atoms with van der Waals surface area (Å²) in [4.78, 5) is 37.3. The number of rotatable bonds is 7. The fourth-order valence-electron chi connectivity index (χ4n) is 4.50. The van der Waals surface area contributed by atoms with Crippen LogP contribution in [0.5, 0.6) is 5.75 Å². The Bertz CT molecular complexity index is 1250. The molecule has 2 fully saturated rings. The molecule has 5 rings (SSSR count). The Balaban J connectivity index is 1.26. The zero-order chi connectivity index (χ0) is 23.3. The molecule has 1 unspecified atom stereocenters. The SMILES string of the molecule is COc1ccc2nc(C)nc(SCC(=O)c3ccc(C(=O)NC4[C@H]5CN(C)C[C@@H]45)s3)c2c1F. The molecule has 10 heteroatoms. The van der Waals surface area contributed by atoms with Crippen LogP contribution in [0.3, 0.4) is 0 Å². The van der Waals surface area contributed by atoms with E-state index < -0.39 is 5.82 Å². The van der Waals surface area contributed by atoms with E-state index in [1.165, 1.54) is 24.5 Å². The second-order valence-electron chi connectivity index (χ2n) is 8.48. The van der Waals surface area contributed by atoms with Crippen LogP contribution in [0, 0.1) is 24.6 Å². The number of amides is 1. The minimum atomic E-state index is -0.545. The van der Waals surface area contributed by atoms with Crippen LogP contribution < -0.4 is 10.1 Å². The predicted octanol–water partition coefficient (Wildman–Crippen LogP) is 3.41. The van der Waals surface area contributed by atoms with Crippen LogP contribution >= 0.6 is 23.1 Å². The number of methoxy groups -OCH3 is 1. The predicted molar refractivity (Wildman–Crippen MR) is 126 cm³/mol. The summed E-state index contributed by atoms with van der Waals surface area (Å²) in [7, 11) is 3.49. The lowest BCUT2D eigenvalue weighted by atomic mass is 10.2. The molecule has 3 heterocycles. The summed E-state index contributed by atoms with van der Waals surface area (Å²) in [6, 6.07) is 6.81. The number of ether oxygens (including phenoxy) is 1. The van der Waals surface area contributed by atoms with Crippen molar-refractivity contribution in [2.45, 2.75) is 18.0 Å². The van der Waals surface area contributed by atoms with Gasteiger partial charge in [-0.3, -0.25) is 9.59 Å². The second kappa shape index (κ2) is 8.66. The highest BCUT2D eigenvalue weighted by Crippen LogP contribution is 2.45.